The van der Waals surface area contributed by atoms with Gasteiger partial charge < -0.3 is 4.74 Å². The first kappa shape index (κ1) is 16.5. The summed E-state index contributed by atoms with van der Waals surface area (Å²) < 4.78 is 6.04. The Kier molecular flexibility index (Phi) is 4.52. The maximum absolute atomic E-state index is 9.73. The molecule has 2 nitrogen and oxygen atoms in total. The third-order valence-electron chi connectivity index (χ3n) is 6.38. The number of ether oxygens (including phenoxy) is 1. The fourth-order valence-corrected chi connectivity index (χ4v) is 4.83. The molecule has 1 heterocycles. The number of nitriles is 1. The lowest BCUT2D eigenvalue weighted by Crippen LogP contribution is -2.43. The standard InChI is InChI=1S/C21H29NO/c1-14(2)20-8-6-16(12-23-20)17-9-10-21(4,13-22)19-7-5-15(3)11-18(17)19/h6,11,17-20H,1,5,7-10,12H2,2-4H3/t17-,18-,19+,20+,21-/m1/s1. The normalized spacial score (nSPS) is 40.4. The fourth-order valence-electron chi connectivity index (χ4n) is 4.83. The summed E-state index contributed by atoms with van der Waals surface area (Å²) in [5.41, 5.74) is 3.92. The molecular weight excluding hydrogens is 282 g/mol. The van der Waals surface area contributed by atoms with Crippen molar-refractivity contribution in [2.75, 3.05) is 6.61 Å². The smallest absolute Gasteiger partial charge is 0.0818 e. The van der Waals surface area contributed by atoms with Gasteiger partial charge in [-0.05, 0) is 76.2 Å². The van der Waals surface area contributed by atoms with Gasteiger partial charge in [0.25, 0.3) is 0 Å². The van der Waals surface area contributed by atoms with Crippen LogP contribution in [0.3, 0.4) is 0 Å². The van der Waals surface area contributed by atoms with Gasteiger partial charge in [0.2, 0.25) is 0 Å². The van der Waals surface area contributed by atoms with Gasteiger partial charge in [0, 0.05) is 0 Å². The highest BCUT2D eigenvalue weighted by atomic mass is 16.5. The first-order valence-electron chi connectivity index (χ1n) is 8.99. The SMILES string of the molecule is C=C(C)[C@@H]1CC=C([C@H]2CC[C@](C)(C#N)[C@H]3CCC(C)=C[C@H]23)CO1. The number of rotatable bonds is 2. The predicted molar refractivity (Wildman–Crippen MR) is 93.7 cm³/mol. The number of hydrogen-bond acceptors (Lipinski definition) is 2. The van der Waals surface area contributed by atoms with Crippen LogP contribution >= 0.6 is 0 Å². The molecule has 23 heavy (non-hydrogen) atoms. The minimum atomic E-state index is -0.158. The Morgan fingerprint density at radius 1 is 1.43 bits per heavy atom. The van der Waals surface area contributed by atoms with Crippen LogP contribution in [0, 0.1) is 34.5 Å². The Morgan fingerprint density at radius 3 is 2.83 bits per heavy atom. The van der Waals surface area contributed by atoms with Crippen LogP contribution in [0.2, 0.25) is 0 Å². The quantitative estimate of drug-likeness (QED) is 0.657. The van der Waals surface area contributed by atoms with Crippen molar-refractivity contribution in [3.8, 4) is 6.07 Å². The highest BCUT2D eigenvalue weighted by molar-refractivity contribution is 5.24. The molecule has 0 aromatic carbocycles. The van der Waals surface area contributed by atoms with Crippen molar-refractivity contribution in [3.05, 3.63) is 35.5 Å². The zero-order chi connectivity index (χ0) is 16.6. The van der Waals surface area contributed by atoms with Gasteiger partial charge in [0.1, 0.15) is 0 Å². The molecule has 0 aromatic rings. The molecule has 0 saturated heterocycles. The Balaban J connectivity index is 1.85. The van der Waals surface area contributed by atoms with E-state index in [0.29, 0.717) is 17.8 Å². The van der Waals surface area contributed by atoms with Crippen molar-refractivity contribution in [2.24, 2.45) is 23.2 Å². The Morgan fingerprint density at radius 2 is 2.22 bits per heavy atom. The average Bonchev–Trinajstić information content (AvgIpc) is 2.55. The van der Waals surface area contributed by atoms with Crippen LogP contribution in [-0.4, -0.2) is 12.7 Å². The molecule has 0 bridgehead atoms. The van der Waals surface area contributed by atoms with Gasteiger partial charge in [0.05, 0.1) is 24.2 Å². The minimum absolute atomic E-state index is 0.158. The summed E-state index contributed by atoms with van der Waals surface area (Å²) in [6.07, 6.45) is 10.5. The number of hydrogen-bond donors (Lipinski definition) is 0. The number of nitrogens with zero attached hydrogens (tertiary/aromatic N) is 1. The molecule has 5 atom stereocenters. The molecule has 2 aliphatic carbocycles. The van der Waals surface area contributed by atoms with Crippen molar-refractivity contribution < 1.29 is 4.74 Å². The molecule has 0 N–H and O–H groups in total. The molecule has 124 valence electrons. The maximum Gasteiger partial charge on any atom is 0.0818 e. The predicted octanol–water partition coefficient (Wildman–Crippen LogP) is 5.19. The summed E-state index contributed by atoms with van der Waals surface area (Å²) in [4.78, 5) is 0. The molecule has 0 unspecified atom stereocenters. The summed E-state index contributed by atoms with van der Waals surface area (Å²) in [6.45, 7) is 11.2. The summed E-state index contributed by atoms with van der Waals surface area (Å²) in [7, 11) is 0. The highest BCUT2D eigenvalue weighted by Crippen LogP contribution is 2.53. The van der Waals surface area contributed by atoms with Crippen LogP contribution in [0.15, 0.2) is 35.5 Å². The van der Waals surface area contributed by atoms with Crippen molar-refractivity contribution >= 4 is 0 Å². The lowest BCUT2D eigenvalue weighted by molar-refractivity contribution is 0.0495. The van der Waals surface area contributed by atoms with E-state index in [1.54, 1.807) is 0 Å². The van der Waals surface area contributed by atoms with Gasteiger partial charge in [-0.2, -0.15) is 5.26 Å². The third-order valence-corrected chi connectivity index (χ3v) is 6.38. The molecule has 1 fully saturated rings. The van der Waals surface area contributed by atoms with Crippen LogP contribution in [0.25, 0.3) is 0 Å². The van der Waals surface area contributed by atoms with E-state index >= 15 is 0 Å². The van der Waals surface area contributed by atoms with E-state index in [0.717, 1.165) is 44.3 Å². The number of allylic oxidation sites excluding steroid dienone is 2. The van der Waals surface area contributed by atoms with E-state index in [1.807, 2.05) is 6.92 Å². The number of fused-ring (bicyclic) bond motifs is 1. The van der Waals surface area contributed by atoms with Crippen LogP contribution in [0.5, 0.6) is 0 Å². The van der Waals surface area contributed by atoms with Gasteiger partial charge in [-0.3, -0.25) is 0 Å². The first-order valence-corrected chi connectivity index (χ1v) is 8.99. The van der Waals surface area contributed by atoms with E-state index < -0.39 is 0 Å². The summed E-state index contributed by atoms with van der Waals surface area (Å²) in [6, 6.07) is 2.65. The Hall–Kier alpha value is -1.33. The monoisotopic (exact) mass is 311 g/mol. The van der Waals surface area contributed by atoms with Crippen LogP contribution in [-0.2, 0) is 4.74 Å². The lowest BCUT2D eigenvalue weighted by Gasteiger charge is -2.48. The van der Waals surface area contributed by atoms with Crippen molar-refractivity contribution in [2.45, 2.75) is 59.0 Å². The van der Waals surface area contributed by atoms with Gasteiger partial charge in [-0.1, -0.05) is 29.9 Å². The zero-order valence-electron chi connectivity index (χ0n) is 14.8. The van der Waals surface area contributed by atoms with E-state index in [1.165, 1.54) is 11.1 Å². The Bertz CT molecular complexity index is 593. The molecule has 0 aromatic heterocycles. The van der Waals surface area contributed by atoms with E-state index in [4.69, 9.17) is 4.74 Å². The second kappa shape index (κ2) is 6.29. The topological polar surface area (TPSA) is 33.0 Å². The van der Waals surface area contributed by atoms with Crippen molar-refractivity contribution in [1.82, 2.24) is 0 Å². The molecule has 1 aliphatic heterocycles. The van der Waals surface area contributed by atoms with Crippen LogP contribution in [0.4, 0.5) is 0 Å². The molecule has 0 spiro atoms. The van der Waals surface area contributed by atoms with Crippen molar-refractivity contribution in [1.29, 1.82) is 5.26 Å². The summed E-state index contributed by atoms with van der Waals surface area (Å²) in [5.74, 6) is 1.57. The van der Waals surface area contributed by atoms with E-state index in [-0.39, 0.29) is 11.5 Å². The second-order valence-corrected chi connectivity index (χ2v) is 8.07. The van der Waals surface area contributed by atoms with E-state index in [2.05, 4.69) is 38.6 Å². The van der Waals surface area contributed by atoms with Gasteiger partial charge in [-0.25, -0.2) is 0 Å². The molecule has 0 amide bonds. The van der Waals surface area contributed by atoms with Gasteiger partial charge in [-0.15, -0.1) is 0 Å². The first-order chi connectivity index (χ1) is 10.9. The van der Waals surface area contributed by atoms with Crippen LogP contribution in [0.1, 0.15) is 52.9 Å². The van der Waals surface area contributed by atoms with Crippen LogP contribution < -0.4 is 0 Å². The summed E-state index contributed by atoms with van der Waals surface area (Å²) >= 11 is 0. The molecule has 0 radical (unpaired) electrons. The van der Waals surface area contributed by atoms with E-state index in [9.17, 15) is 5.26 Å². The molecule has 3 aliphatic rings. The highest BCUT2D eigenvalue weighted by Gasteiger charge is 2.47. The summed E-state index contributed by atoms with van der Waals surface area (Å²) in [5, 5.41) is 9.73. The maximum atomic E-state index is 9.73. The molecule has 1 saturated carbocycles. The minimum Gasteiger partial charge on any atom is -0.369 e. The zero-order valence-corrected chi connectivity index (χ0v) is 14.8. The van der Waals surface area contributed by atoms with Gasteiger partial charge >= 0.3 is 0 Å². The molecule has 2 heteroatoms. The molecular formula is C21H29NO. The second-order valence-electron chi connectivity index (χ2n) is 8.07. The fraction of sp³-hybridized carbons (Fsp3) is 0.667. The molecule has 3 rings (SSSR count). The average molecular weight is 311 g/mol. The van der Waals surface area contributed by atoms with Crippen molar-refractivity contribution in [3.63, 3.8) is 0 Å². The van der Waals surface area contributed by atoms with Gasteiger partial charge in [0.15, 0.2) is 0 Å². The largest absolute Gasteiger partial charge is 0.369 e. The third kappa shape index (κ3) is 3.04. The Labute approximate surface area is 140 Å². The lowest BCUT2D eigenvalue weighted by atomic mass is 9.55.